The van der Waals surface area contributed by atoms with Gasteiger partial charge in [-0.2, -0.15) is 0 Å². The van der Waals surface area contributed by atoms with Gasteiger partial charge in [-0.25, -0.2) is 0 Å². The Kier molecular flexibility index (Phi) is 4.59. The molecule has 1 fully saturated rings. The van der Waals surface area contributed by atoms with Gasteiger partial charge in [0, 0.05) is 26.6 Å². The van der Waals surface area contributed by atoms with Crippen LogP contribution in [0.2, 0.25) is 0 Å². The van der Waals surface area contributed by atoms with Gasteiger partial charge in [0.15, 0.2) is 0 Å². The van der Waals surface area contributed by atoms with E-state index in [9.17, 15) is 9.59 Å². The zero-order chi connectivity index (χ0) is 11.3. The number of likely N-dealkylation sites (tertiary alicyclic amines) is 1. The second-order valence-electron chi connectivity index (χ2n) is 4.09. The van der Waals surface area contributed by atoms with Crippen molar-refractivity contribution in [2.75, 3.05) is 26.7 Å². The second-order valence-corrected chi connectivity index (χ2v) is 4.09. The fraction of sp³-hybridized carbons (Fsp3) is 0.818. The number of amides is 2. The minimum Gasteiger partial charge on any atom is -0.344 e. The molecule has 0 N–H and O–H groups in total. The number of carbonyl (C=O) groups excluding carboxylic acids is 2. The highest BCUT2D eigenvalue weighted by Crippen LogP contribution is 2.09. The summed E-state index contributed by atoms with van der Waals surface area (Å²) >= 11 is 0. The summed E-state index contributed by atoms with van der Waals surface area (Å²) in [7, 11) is 1.80. The molecule has 0 bridgehead atoms. The van der Waals surface area contributed by atoms with Crippen LogP contribution in [0.5, 0.6) is 0 Å². The molecule has 0 atom stereocenters. The third-order valence-corrected chi connectivity index (χ3v) is 2.77. The molecule has 1 rings (SSSR count). The van der Waals surface area contributed by atoms with Crippen molar-refractivity contribution in [2.24, 2.45) is 0 Å². The Morgan fingerprint density at radius 2 is 2.27 bits per heavy atom. The largest absolute Gasteiger partial charge is 0.344 e. The Morgan fingerprint density at radius 1 is 1.53 bits per heavy atom. The standard InChI is InChI=1S/C11H20N2O2/c1-3-4-7-12(2)11(15)9-13-8-5-6-10(13)14/h3-9H2,1-2H3. The molecule has 1 aliphatic heterocycles. The maximum absolute atomic E-state index is 11.7. The van der Waals surface area contributed by atoms with E-state index in [4.69, 9.17) is 0 Å². The van der Waals surface area contributed by atoms with E-state index in [1.165, 1.54) is 0 Å². The van der Waals surface area contributed by atoms with Crippen molar-refractivity contribution in [1.29, 1.82) is 0 Å². The van der Waals surface area contributed by atoms with Crippen LogP contribution in [-0.2, 0) is 9.59 Å². The van der Waals surface area contributed by atoms with Crippen LogP contribution >= 0.6 is 0 Å². The summed E-state index contributed by atoms with van der Waals surface area (Å²) in [5.41, 5.74) is 0. The third kappa shape index (κ3) is 3.53. The van der Waals surface area contributed by atoms with Crippen molar-refractivity contribution in [3.8, 4) is 0 Å². The monoisotopic (exact) mass is 212 g/mol. The molecule has 0 radical (unpaired) electrons. The quantitative estimate of drug-likeness (QED) is 0.678. The van der Waals surface area contributed by atoms with Crippen LogP contribution in [0.4, 0.5) is 0 Å². The lowest BCUT2D eigenvalue weighted by Gasteiger charge is -2.21. The fourth-order valence-electron chi connectivity index (χ4n) is 1.68. The van der Waals surface area contributed by atoms with Crippen molar-refractivity contribution < 1.29 is 9.59 Å². The van der Waals surface area contributed by atoms with E-state index in [0.717, 1.165) is 32.4 Å². The summed E-state index contributed by atoms with van der Waals surface area (Å²) in [5.74, 6) is 0.172. The van der Waals surface area contributed by atoms with Gasteiger partial charge < -0.3 is 9.80 Å². The Hall–Kier alpha value is -1.06. The number of carbonyl (C=O) groups is 2. The molecule has 0 aromatic heterocycles. The lowest BCUT2D eigenvalue weighted by atomic mass is 10.3. The first kappa shape index (κ1) is 12.0. The van der Waals surface area contributed by atoms with Crippen molar-refractivity contribution in [3.05, 3.63) is 0 Å². The number of hydrogen-bond acceptors (Lipinski definition) is 2. The second kappa shape index (κ2) is 5.73. The lowest BCUT2D eigenvalue weighted by molar-refractivity contribution is -0.137. The lowest BCUT2D eigenvalue weighted by Crippen LogP contribution is -2.39. The number of hydrogen-bond donors (Lipinski definition) is 0. The van der Waals surface area contributed by atoms with Crippen molar-refractivity contribution in [3.63, 3.8) is 0 Å². The molecule has 0 aromatic rings. The van der Waals surface area contributed by atoms with E-state index >= 15 is 0 Å². The van der Waals surface area contributed by atoms with Gasteiger partial charge in [0.25, 0.3) is 0 Å². The molecule has 0 saturated carbocycles. The third-order valence-electron chi connectivity index (χ3n) is 2.77. The van der Waals surface area contributed by atoms with Gasteiger partial charge >= 0.3 is 0 Å². The van der Waals surface area contributed by atoms with Crippen LogP contribution in [0, 0.1) is 0 Å². The van der Waals surface area contributed by atoms with Crippen LogP contribution in [0.15, 0.2) is 0 Å². The van der Waals surface area contributed by atoms with Crippen LogP contribution in [-0.4, -0.2) is 48.3 Å². The average molecular weight is 212 g/mol. The van der Waals surface area contributed by atoms with Crippen molar-refractivity contribution >= 4 is 11.8 Å². The van der Waals surface area contributed by atoms with Gasteiger partial charge in [0.2, 0.25) is 11.8 Å². The fourth-order valence-corrected chi connectivity index (χ4v) is 1.68. The zero-order valence-electron chi connectivity index (χ0n) is 9.66. The minimum absolute atomic E-state index is 0.0544. The van der Waals surface area contributed by atoms with E-state index in [2.05, 4.69) is 6.92 Å². The summed E-state index contributed by atoms with van der Waals surface area (Å²) in [4.78, 5) is 26.4. The Bertz CT molecular complexity index is 241. The average Bonchev–Trinajstić information content (AvgIpc) is 2.61. The highest BCUT2D eigenvalue weighted by molar-refractivity contribution is 5.85. The smallest absolute Gasteiger partial charge is 0.241 e. The molecule has 4 heteroatoms. The van der Waals surface area contributed by atoms with E-state index < -0.39 is 0 Å². The first-order valence-electron chi connectivity index (χ1n) is 5.67. The molecular weight excluding hydrogens is 192 g/mol. The van der Waals surface area contributed by atoms with E-state index in [0.29, 0.717) is 6.42 Å². The molecule has 2 amide bonds. The van der Waals surface area contributed by atoms with Gasteiger partial charge in [-0.1, -0.05) is 13.3 Å². The normalized spacial score (nSPS) is 15.9. The van der Waals surface area contributed by atoms with E-state index in [1.54, 1.807) is 16.8 Å². The molecule has 1 aliphatic rings. The predicted molar refractivity (Wildman–Crippen MR) is 58.4 cm³/mol. The molecule has 1 heterocycles. The molecule has 86 valence electrons. The van der Waals surface area contributed by atoms with Gasteiger partial charge in [-0.05, 0) is 12.8 Å². The van der Waals surface area contributed by atoms with E-state index in [1.807, 2.05) is 0 Å². The highest BCUT2D eigenvalue weighted by atomic mass is 16.2. The molecule has 0 spiro atoms. The van der Waals surface area contributed by atoms with Crippen molar-refractivity contribution in [1.82, 2.24) is 9.80 Å². The van der Waals surface area contributed by atoms with Gasteiger partial charge in [0.05, 0.1) is 6.54 Å². The predicted octanol–water partition coefficient (Wildman–Crippen LogP) is 0.867. The molecule has 0 unspecified atom stereocenters. The Balaban J connectivity index is 2.31. The minimum atomic E-state index is 0.0544. The molecular formula is C11H20N2O2. The summed E-state index contributed by atoms with van der Waals surface area (Å²) in [6, 6.07) is 0. The number of unbranched alkanes of at least 4 members (excludes halogenated alkanes) is 1. The molecule has 15 heavy (non-hydrogen) atoms. The summed E-state index contributed by atoms with van der Waals surface area (Å²) in [6.45, 7) is 3.89. The maximum atomic E-state index is 11.7. The number of likely N-dealkylation sites (N-methyl/N-ethyl adjacent to an activating group) is 1. The SMILES string of the molecule is CCCCN(C)C(=O)CN1CCCC1=O. The first-order chi connectivity index (χ1) is 7.15. The zero-order valence-corrected chi connectivity index (χ0v) is 9.66. The van der Waals surface area contributed by atoms with Crippen LogP contribution in [0.25, 0.3) is 0 Å². The molecule has 1 saturated heterocycles. The maximum Gasteiger partial charge on any atom is 0.241 e. The summed E-state index contributed by atoms with van der Waals surface area (Å²) in [5, 5.41) is 0. The first-order valence-corrected chi connectivity index (χ1v) is 5.67. The van der Waals surface area contributed by atoms with Gasteiger partial charge in [-0.15, -0.1) is 0 Å². The van der Waals surface area contributed by atoms with Crippen LogP contribution < -0.4 is 0 Å². The molecule has 4 nitrogen and oxygen atoms in total. The highest BCUT2D eigenvalue weighted by Gasteiger charge is 2.23. The van der Waals surface area contributed by atoms with Crippen LogP contribution in [0.3, 0.4) is 0 Å². The van der Waals surface area contributed by atoms with Gasteiger partial charge in [-0.3, -0.25) is 9.59 Å². The van der Waals surface area contributed by atoms with Crippen LogP contribution in [0.1, 0.15) is 32.6 Å². The van der Waals surface area contributed by atoms with Crippen molar-refractivity contribution in [2.45, 2.75) is 32.6 Å². The molecule has 0 aromatic carbocycles. The Morgan fingerprint density at radius 3 is 2.80 bits per heavy atom. The topological polar surface area (TPSA) is 40.6 Å². The summed E-state index contributed by atoms with van der Waals surface area (Å²) < 4.78 is 0. The number of nitrogens with zero attached hydrogens (tertiary/aromatic N) is 2. The van der Waals surface area contributed by atoms with E-state index in [-0.39, 0.29) is 18.4 Å². The molecule has 0 aliphatic carbocycles. The Labute approximate surface area is 91.2 Å². The number of rotatable bonds is 5. The van der Waals surface area contributed by atoms with Gasteiger partial charge in [0.1, 0.15) is 0 Å². The summed E-state index contributed by atoms with van der Waals surface area (Å²) in [6.07, 6.45) is 3.60.